The monoisotopic (exact) mass is 379 g/mol. The third-order valence-corrected chi connectivity index (χ3v) is 7.81. The first-order valence-corrected chi connectivity index (χ1v) is 11.2. The van der Waals surface area contributed by atoms with Gasteiger partial charge in [-0.15, -0.1) is 11.3 Å². The molecule has 0 spiro atoms. The van der Waals surface area contributed by atoms with Gasteiger partial charge in [0.15, 0.2) is 9.84 Å². The zero-order valence-electron chi connectivity index (χ0n) is 13.8. The summed E-state index contributed by atoms with van der Waals surface area (Å²) in [6.45, 7) is 1.17. The number of nitrogens with zero attached hydrogens (tertiary/aromatic N) is 2. The van der Waals surface area contributed by atoms with Gasteiger partial charge < -0.3 is 5.32 Å². The van der Waals surface area contributed by atoms with Crippen molar-refractivity contribution in [2.75, 3.05) is 24.6 Å². The Bertz CT molecular complexity index is 860. The van der Waals surface area contributed by atoms with E-state index in [0.29, 0.717) is 13.0 Å². The van der Waals surface area contributed by atoms with Crippen molar-refractivity contribution >= 4 is 37.3 Å². The number of carbonyl (C=O) groups excluding carboxylic acids is 1. The minimum atomic E-state index is -2.97. The van der Waals surface area contributed by atoms with Gasteiger partial charge in [0.2, 0.25) is 5.91 Å². The van der Waals surface area contributed by atoms with E-state index in [2.05, 4.69) is 16.3 Å². The summed E-state index contributed by atoms with van der Waals surface area (Å²) in [5.74, 6) is 0.158. The lowest BCUT2D eigenvalue weighted by molar-refractivity contribution is -0.123. The highest BCUT2D eigenvalue weighted by atomic mass is 32.2. The second kappa shape index (κ2) is 6.66. The summed E-state index contributed by atoms with van der Waals surface area (Å²) in [6, 6.07) is 8.03. The van der Waals surface area contributed by atoms with E-state index in [9.17, 15) is 13.2 Å². The number of rotatable bonds is 4. The number of thiazole rings is 1. The fourth-order valence-corrected chi connectivity index (χ4v) is 6.50. The average molecular weight is 380 g/mol. The molecule has 0 bridgehead atoms. The molecule has 1 aromatic carbocycles. The largest absolute Gasteiger partial charge is 0.351 e. The first-order chi connectivity index (χ1) is 12.0. The Morgan fingerprint density at radius 2 is 2.16 bits per heavy atom. The number of amides is 1. The Morgan fingerprint density at radius 3 is 2.92 bits per heavy atom. The SMILES string of the molecule is O=C(CN1CCC[C@@H]1c1nc2ccccc2s1)N[C@H]1CCS(=O)(=O)C1. The van der Waals surface area contributed by atoms with Crippen molar-refractivity contribution in [2.24, 2.45) is 0 Å². The Labute approximate surface area is 151 Å². The van der Waals surface area contributed by atoms with Crippen LogP contribution in [0.1, 0.15) is 30.3 Å². The lowest BCUT2D eigenvalue weighted by atomic mass is 10.2. The molecule has 0 saturated carbocycles. The molecule has 0 aliphatic carbocycles. The maximum atomic E-state index is 12.4. The molecule has 1 N–H and O–H groups in total. The molecule has 25 heavy (non-hydrogen) atoms. The number of para-hydroxylation sites is 1. The van der Waals surface area contributed by atoms with Crippen LogP contribution in [0.3, 0.4) is 0 Å². The topological polar surface area (TPSA) is 79.4 Å². The lowest BCUT2D eigenvalue weighted by Gasteiger charge is -2.23. The van der Waals surface area contributed by atoms with Crippen molar-refractivity contribution in [3.63, 3.8) is 0 Å². The highest BCUT2D eigenvalue weighted by molar-refractivity contribution is 7.91. The zero-order chi connectivity index (χ0) is 17.4. The molecule has 3 heterocycles. The molecule has 2 atom stereocenters. The summed E-state index contributed by atoms with van der Waals surface area (Å²) in [5.41, 5.74) is 1.01. The fraction of sp³-hybridized carbons (Fsp3) is 0.529. The second-order valence-electron chi connectivity index (χ2n) is 6.82. The Balaban J connectivity index is 1.42. The van der Waals surface area contributed by atoms with E-state index < -0.39 is 9.84 Å². The van der Waals surface area contributed by atoms with E-state index in [0.717, 1.165) is 29.9 Å². The number of sulfone groups is 1. The van der Waals surface area contributed by atoms with Gasteiger partial charge >= 0.3 is 0 Å². The zero-order valence-corrected chi connectivity index (χ0v) is 15.5. The van der Waals surface area contributed by atoms with E-state index in [4.69, 9.17) is 4.98 Å². The van der Waals surface area contributed by atoms with Crippen LogP contribution < -0.4 is 5.32 Å². The smallest absolute Gasteiger partial charge is 0.234 e. The summed E-state index contributed by atoms with van der Waals surface area (Å²) >= 11 is 1.69. The number of carbonyl (C=O) groups is 1. The van der Waals surface area contributed by atoms with E-state index in [1.165, 1.54) is 4.70 Å². The van der Waals surface area contributed by atoms with Gasteiger partial charge in [-0.25, -0.2) is 13.4 Å². The summed E-state index contributed by atoms with van der Waals surface area (Å²) < 4.78 is 24.2. The van der Waals surface area contributed by atoms with Crippen molar-refractivity contribution in [3.05, 3.63) is 29.3 Å². The van der Waals surface area contributed by atoms with Crippen LogP contribution in [-0.2, 0) is 14.6 Å². The molecule has 2 fully saturated rings. The van der Waals surface area contributed by atoms with E-state index in [1.807, 2.05) is 18.2 Å². The van der Waals surface area contributed by atoms with Gasteiger partial charge in [0.1, 0.15) is 5.01 Å². The molecule has 2 aliphatic rings. The first kappa shape index (κ1) is 16.9. The van der Waals surface area contributed by atoms with Crippen molar-refractivity contribution in [3.8, 4) is 0 Å². The minimum absolute atomic E-state index is 0.0695. The minimum Gasteiger partial charge on any atom is -0.351 e. The van der Waals surface area contributed by atoms with Crippen LogP contribution in [0.4, 0.5) is 0 Å². The summed E-state index contributed by atoms with van der Waals surface area (Å²) in [7, 11) is -2.97. The molecular weight excluding hydrogens is 358 g/mol. The molecule has 2 aliphatic heterocycles. The van der Waals surface area contributed by atoms with Crippen molar-refractivity contribution < 1.29 is 13.2 Å². The Hall–Kier alpha value is -1.51. The van der Waals surface area contributed by atoms with Gasteiger partial charge in [0.25, 0.3) is 0 Å². The summed E-state index contributed by atoms with van der Waals surface area (Å²) in [5, 5.41) is 3.95. The molecule has 0 unspecified atom stereocenters. The highest BCUT2D eigenvalue weighted by Gasteiger charge is 2.32. The summed E-state index contributed by atoms with van der Waals surface area (Å²) in [6.07, 6.45) is 2.58. The number of benzene rings is 1. The van der Waals surface area contributed by atoms with E-state index in [1.54, 1.807) is 11.3 Å². The Kier molecular flexibility index (Phi) is 4.51. The van der Waals surface area contributed by atoms with Crippen molar-refractivity contribution in [2.45, 2.75) is 31.3 Å². The Morgan fingerprint density at radius 1 is 1.32 bits per heavy atom. The number of hydrogen-bond acceptors (Lipinski definition) is 6. The van der Waals surface area contributed by atoms with Crippen LogP contribution >= 0.6 is 11.3 Å². The van der Waals surface area contributed by atoms with Crippen LogP contribution in [0.25, 0.3) is 10.2 Å². The third kappa shape index (κ3) is 3.70. The molecule has 1 amide bonds. The molecule has 6 nitrogen and oxygen atoms in total. The predicted molar refractivity (Wildman–Crippen MR) is 98.4 cm³/mol. The van der Waals surface area contributed by atoms with Crippen LogP contribution in [0, 0.1) is 0 Å². The first-order valence-electron chi connectivity index (χ1n) is 8.59. The van der Waals surface area contributed by atoms with Crippen LogP contribution in [0.2, 0.25) is 0 Å². The fourth-order valence-electron chi connectivity index (χ4n) is 3.69. The van der Waals surface area contributed by atoms with Gasteiger partial charge in [0.05, 0.1) is 34.3 Å². The predicted octanol–water partition coefficient (Wildman–Crippen LogP) is 1.74. The van der Waals surface area contributed by atoms with Gasteiger partial charge in [0, 0.05) is 6.04 Å². The molecular formula is C17H21N3O3S2. The number of hydrogen-bond donors (Lipinski definition) is 1. The van der Waals surface area contributed by atoms with Crippen LogP contribution in [0.5, 0.6) is 0 Å². The number of likely N-dealkylation sites (tertiary alicyclic amines) is 1. The summed E-state index contributed by atoms with van der Waals surface area (Å²) in [4.78, 5) is 19.3. The van der Waals surface area contributed by atoms with Crippen LogP contribution in [-0.4, -0.2) is 54.8 Å². The quantitative estimate of drug-likeness (QED) is 0.875. The van der Waals surface area contributed by atoms with Gasteiger partial charge in [-0.3, -0.25) is 9.69 Å². The maximum Gasteiger partial charge on any atom is 0.234 e. The molecule has 134 valence electrons. The second-order valence-corrected chi connectivity index (χ2v) is 10.1. The molecule has 1 aromatic heterocycles. The molecule has 2 aromatic rings. The van der Waals surface area contributed by atoms with Crippen LogP contribution in [0.15, 0.2) is 24.3 Å². The maximum absolute atomic E-state index is 12.4. The average Bonchev–Trinajstić information content (AvgIpc) is 3.25. The van der Waals surface area contributed by atoms with E-state index >= 15 is 0 Å². The number of fused-ring (bicyclic) bond motifs is 1. The molecule has 2 saturated heterocycles. The van der Waals surface area contributed by atoms with Gasteiger partial charge in [-0.2, -0.15) is 0 Å². The highest BCUT2D eigenvalue weighted by Crippen LogP contribution is 2.36. The van der Waals surface area contributed by atoms with Crippen molar-refractivity contribution in [1.82, 2.24) is 15.2 Å². The molecule has 0 radical (unpaired) electrons. The standard InChI is InChI=1S/C17H21N3O3S2/c21-16(18-12-7-9-25(22,23)11-12)10-20-8-3-5-14(20)17-19-13-4-1-2-6-15(13)24-17/h1-2,4,6,12,14H,3,5,7-11H2,(H,18,21)/t12-,14+/m0/s1. The van der Waals surface area contributed by atoms with Crippen molar-refractivity contribution in [1.29, 1.82) is 0 Å². The lowest BCUT2D eigenvalue weighted by Crippen LogP contribution is -2.42. The van der Waals surface area contributed by atoms with Gasteiger partial charge in [-0.1, -0.05) is 12.1 Å². The van der Waals surface area contributed by atoms with Gasteiger partial charge in [-0.05, 0) is 37.9 Å². The molecule has 8 heteroatoms. The number of nitrogens with one attached hydrogen (secondary N) is 1. The number of aromatic nitrogens is 1. The molecule has 4 rings (SSSR count). The normalized spacial score (nSPS) is 26.2. The third-order valence-electron chi connectivity index (χ3n) is 4.90. The van der Waals surface area contributed by atoms with E-state index in [-0.39, 0.29) is 29.5 Å².